The van der Waals surface area contributed by atoms with Gasteiger partial charge < -0.3 is 25.8 Å². The van der Waals surface area contributed by atoms with Crippen molar-refractivity contribution in [3.63, 3.8) is 0 Å². The van der Waals surface area contributed by atoms with Gasteiger partial charge in [0.15, 0.2) is 5.82 Å². The quantitative estimate of drug-likeness (QED) is 0.108. The molecule has 4 aromatic rings. The van der Waals surface area contributed by atoms with Gasteiger partial charge >= 0.3 is 0 Å². The van der Waals surface area contributed by atoms with Crippen LogP contribution in [0.3, 0.4) is 0 Å². The number of rotatable bonds is 13. The zero-order valence-electron chi connectivity index (χ0n) is 20.7. The van der Waals surface area contributed by atoms with Gasteiger partial charge in [-0.2, -0.15) is 0 Å². The Labute approximate surface area is 221 Å². The minimum absolute atomic E-state index is 0.214. The molecule has 0 aliphatic rings. The number of nitrogens with zero attached hydrogens (tertiary/aromatic N) is 2. The number of pyridine rings is 1. The molecule has 0 aliphatic carbocycles. The van der Waals surface area contributed by atoms with Crippen LogP contribution in [0.2, 0.25) is 0 Å². The Morgan fingerprint density at radius 1 is 0.947 bits per heavy atom. The van der Waals surface area contributed by atoms with E-state index < -0.39 is 11.0 Å². The number of aliphatic hydroxyl groups is 1. The highest BCUT2D eigenvalue weighted by atomic mass is 16.6. The number of benzene rings is 3. The summed E-state index contributed by atoms with van der Waals surface area (Å²) in [5.74, 6) is 1.52. The van der Waals surface area contributed by atoms with Gasteiger partial charge in [0.25, 0.3) is 6.20 Å². The topological polar surface area (TPSA) is 122 Å². The summed E-state index contributed by atoms with van der Waals surface area (Å²) in [4.78, 5) is 14.7. The van der Waals surface area contributed by atoms with Crippen molar-refractivity contribution in [3.8, 4) is 11.5 Å². The number of hydrogen-bond donors (Lipinski definition) is 4. The Morgan fingerprint density at radius 2 is 1.71 bits per heavy atom. The smallest absolute Gasteiger partial charge is 0.274 e. The van der Waals surface area contributed by atoms with Crippen molar-refractivity contribution in [1.29, 1.82) is 0 Å². The zero-order valence-corrected chi connectivity index (χ0v) is 20.7. The van der Waals surface area contributed by atoms with E-state index in [-0.39, 0.29) is 5.82 Å². The maximum atomic E-state index is 11.2. The lowest BCUT2D eigenvalue weighted by Crippen LogP contribution is -2.23. The minimum Gasteiger partial charge on any atom is -0.457 e. The van der Waals surface area contributed by atoms with Crippen LogP contribution in [0.1, 0.15) is 17.2 Å². The predicted molar refractivity (Wildman–Crippen MR) is 147 cm³/mol. The first-order valence-electron chi connectivity index (χ1n) is 12.1. The van der Waals surface area contributed by atoms with Crippen LogP contribution in [0, 0.1) is 10.1 Å². The maximum Gasteiger partial charge on any atom is 0.274 e. The average molecular weight is 512 g/mol. The molecule has 0 amide bonds. The monoisotopic (exact) mass is 511 g/mol. The summed E-state index contributed by atoms with van der Waals surface area (Å²) >= 11 is 0. The molecule has 1 heterocycles. The Kier molecular flexibility index (Phi) is 9.39. The van der Waals surface area contributed by atoms with E-state index in [9.17, 15) is 15.2 Å². The summed E-state index contributed by atoms with van der Waals surface area (Å²) in [6, 6.07) is 27.9. The molecule has 9 heteroatoms. The summed E-state index contributed by atoms with van der Waals surface area (Å²) in [6.45, 7) is 1.13. The SMILES string of the molecule is O=[N+]([O-])/C=C(\Nc1ccc(CCNCC(O)c2cccnc2)cc1)Nc1cccc(Oc2ccccc2)c1. The standard InChI is InChI=1S/C29H29N5O4/c35-28(23-6-5-16-30-19-23)20-31-17-15-22-11-13-24(14-12-22)32-29(21-34(36)37)33-25-7-4-10-27(18-25)38-26-8-2-1-3-9-26/h1-14,16,18-19,21,28,31-33,35H,15,17,20H2/b29-21+. The molecule has 4 rings (SSSR count). The number of para-hydroxylation sites is 1. The van der Waals surface area contributed by atoms with Crippen molar-refractivity contribution in [2.75, 3.05) is 23.7 Å². The predicted octanol–water partition coefficient (Wildman–Crippen LogP) is 5.34. The molecule has 1 aromatic heterocycles. The van der Waals surface area contributed by atoms with Crippen LogP contribution in [0.4, 0.5) is 11.4 Å². The number of aromatic nitrogens is 1. The summed E-state index contributed by atoms with van der Waals surface area (Å²) in [7, 11) is 0. The fourth-order valence-corrected chi connectivity index (χ4v) is 3.69. The van der Waals surface area contributed by atoms with E-state index in [1.807, 2.05) is 72.8 Å². The van der Waals surface area contributed by atoms with Crippen molar-refractivity contribution in [2.24, 2.45) is 0 Å². The van der Waals surface area contributed by atoms with Gasteiger partial charge in [0.05, 0.1) is 11.0 Å². The van der Waals surface area contributed by atoms with E-state index >= 15 is 0 Å². The van der Waals surface area contributed by atoms with Gasteiger partial charge in [-0.05, 0) is 61.0 Å². The normalized spacial score (nSPS) is 12.0. The Morgan fingerprint density at radius 3 is 2.45 bits per heavy atom. The van der Waals surface area contributed by atoms with E-state index in [1.54, 1.807) is 30.6 Å². The minimum atomic E-state index is -0.611. The number of anilines is 2. The molecule has 0 bridgehead atoms. The van der Waals surface area contributed by atoms with Gasteiger partial charge in [-0.25, -0.2) is 0 Å². The number of hydrogen-bond acceptors (Lipinski definition) is 8. The van der Waals surface area contributed by atoms with Crippen LogP contribution < -0.4 is 20.7 Å². The molecule has 194 valence electrons. The summed E-state index contributed by atoms with van der Waals surface area (Å²) in [5.41, 5.74) is 3.21. The fraction of sp³-hybridized carbons (Fsp3) is 0.138. The van der Waals surface area contributed by atoms with Gasteiger partial charge in [0.1, 0.15) is 11.5 Å². The first kappa shape index (κ1) is 26.3. The molecule has 9 nitrogen and oxygen atoms in total. The Balaban J connectivity index is 1.30. The molecule has 0 saturated carbocycles. The molecule has 38 heavy (non-hydrogen) atoms. The van der Waals surface area contributed by atoms with Gasteiger partial charge in [-0.3, -0.25) is 15.1 Å². The Hall–Kier alpha value is -4.73. The van der Waals surface area contributed by atoms with Crippen LogP contribution in [0.5, 0.6) is 11.5 Å². The maximum absolute atomic E-state index is 11.2. The van der Waals surface area contributed by atoms with Crippen LogP contribution in [-0.4, -0.2) is 28.1 Å². The van der Waals surface area contributed by atoms with Gasteiger partial charge in [-0.15, -0.1) is 0 Å². The van der Waals surface area contributed by atoms with Crippen LogP contribution in [0.25, 0.3) is 0 Å². The lowest BCUT2D eigenvalue weighted by molar-refractivity contribution is -0.403. The van der Waals surface area contributed by atoms with E-state index in [0.29, 0.717) is 36.0 Å². The van der Waals surface area contributed by atoms with E-state index in [2.05, 4.69) is 20.9 Å². The highest BCUT2D eigenvalue weighted by Crippen LogP contribution is 2.25. The molecule has 0 saturated heterocycles. The van der Waals surface area contributed by atoms with Crippen LogP contribution in [0.15, 0.2) is 115 Å². The molecular weight excluding hydrogens is 482 g/mol. The Bertz CT molecular complexity index is 1330. The highest BCUT2D eigenvalue weighted by Gasteiger charge is 2.08. The summed E-state index contributed by atoms with van der Waals surface area (Å²) < 4.78 is 5.85. The third-order valence-corrected chi connectivity index (χ3v) is 5.56. The van der Waals surface area contributed by atoms with E-state index in [1.165, 1.54) is 0 Å². The van der Waals surface area contributed by atoms with E-state index in [0.717, 1.165) is 23.7 Å². The lowest BCUT2D eigenvalue weighted by Gasteiger charge is -2.14. The molecule has 0 radical (unpaired) electrons. The average Bonchev–Trinajstić information content (AvgIpc) is 2.93. The second-order valence-corrected chi connectivity index (χ2v) is 8.47. The summed E-state index contributed by atoms with van der Waals surface area (Å²) in [6.07, 6.45) is 4.37. The number of nitrogens with one attached hydrogen (secondary N) is 3. The van der Waals surface area contributed by atoms with Crippen molar-refractivity contribution in [2.45, 2.75) is 12.5 Å². The molecule has 1 atom stereocenters. The number of nitro groups is 1. The second kappa shape index (κ2) is 13.5. The highest BCUT2D eigenvalue weighted by molar-refractivity contribution is 5.58. The fourth-order valence-electron chi connectivity index (χ4n) is 3.69. The first-order valence-corrected chi connectivity index (χ1v) is 12.1. The third-order valence-electron chi connectivity index (χ3n) is 5.56. The molecule has 4 N–H and O–H groups in total. The van der Waals surface area contributed by atoms with Gasteiger partial charge in [0, 0.05) is 41.9 Å². The molecule has 0 spiro atoms. The molecular formula is C29H29N5O4. The molecule has 3 aromatic carbocycles. The number of ether oxygens (including phenoxy) is 1. The number of aliphatic hydroxyl groups excluding tert-OH is 1. The van der Waals surface area contributed by atoms with Crippen molar-refractivity contribution >= 4 is 11.4 Å². The van der Waals surface area contributed by atoms with Crippen molar-refractivity contribution in [1.82, 2.24) is 10.3 Å². The zero-order chi connectivity index (χ0) is 26.6. The second-order valence-electron chi connectivity index (χ2n) is 8.47. The van der Waals surface area contributed by atoms with Crippen molar-refractivity contribution in [3.05, 3.63) is 137 Å². The third kappa shape index (κ3) is 8.44. The van der Waals surface area contributed by atoms with Crippen molar-refractivity contribution < 1.29 is 14.8 Å². The van der Waals surface area contributed by atoms with Crippen LogP contribution >= 0.6 is 0 Å². The van der Waals surface area contributed by atoms with E-state index in [4.69, 9.17) is 4.74 Å². The first-order chi connectivity index (χ1) is 18.5. The lowest BCUT2D eigenvalue weighted by atomic mass is 10.1. The van der Waals surface area contributed by atoms with Crippen LogP contribution in [-0.2, 0) is 6.42 Å². The molecule has 1 unspecified atom stereocenters. The molecule has 0 aliphatic heterocycles. The molecule has 0 fully saturated rings. The largest absolute Gasteiger partial charge is 0.457 e. The summed E-state index contributed by atoms with van der Waals surface area (Å²) in [5, 5.41) is 30.8. The van der Waals surface area contributed by atoms with Gasteiger partial charge in [0.2, 0.25) is 0 Å². The van der Waals surface area contributed by atoms with Gasteiger partial charge in [-0.1, -0.05) is 42.5 Å².